The molecular formula is C19H14Cl2N2O4. The van der Waals surface area contributed by atoms with Gasteiger partial charge >= 0.3 is 0 Å². The zero-order valence-corrected chi connectivity index (χ0v) is 15.6. The minimum atomic E-state index is -0.656. The molecule has 6 nitrogen and oxygen atoms in total. The molecular weight excluding hydrogens is 391 g/mol. The quantitative estimate of drug-likeness (QED) is 0.442. The Balaban J connectivity index is 1.75. The number of hydrogen-bond donors (Lipinski definition) is 1. The van der Waals surface area contributed by atoms with E-state index in [1.165, 1.54) is 17.7 Å². The van der Waals surface area contributed by atoms with E-state index in [9.17, 15) is 14.9 Å². The van der Waals surface area contributed by atoms with Gasteiger partial charge in [-0.15, -0.1) is 0 Å². The van der Waals surface area contributed by atoms with Gasteiger partial charge in [0.15, 0.2) is 5.58 Å². The van der Waals surface area contributed by atoms with Crippen LogP contribution in [0.4, 0.5) is 11.4 Å². The van der Waals surface area contributed by atoms with E-state index >= 15 is 0 Å². The number of carbonyl (C=O) groups excluding carboxylic acids is 1. The maximum Gasteiger partial charge on any atom is 0.288 e. The number of nitrogens with one attached hydrogen (secondary N) is 1. The number of fused-ring (bicyclic) bond motifs is 3. The van der Waals surface area contributed by atoms with Gasteiger partial charge in [-0.25, -0.2) is 0 Å². The second-order valence-corrected chi connectivity index (χ2v) is 7.15. The first-order valence-corrected chi connectivity index (χ1v) is 9.20. The Kier molecular flexibility index (Phi) is 4.53. The predicted molar refractivity (Wildman–Crippen MR) is 104 cm³/mol. The first-order chi connectivity index (χ1) is 13.0. The number of hydrogen-bond acceptors (Lipinski definition) is 4. The largest absolute Gasteiger partial charge is 0.459 e. The van der Waals surface area contributed by atoms with Gasteiger partial charge in [0.25, 0.3) is 11.6 Å². The third-order valence-electron chi connectivity index (χ3n) is 4.73. The van der Waals surface area contributed by atoms with Gasteiger partial charge in [-0.3, -0.25) is 14.9 Å². The van der Waals surface area contributed by atoms with Crippen LogP contribution in [0.15, 0.2) is 34.7 Å². The SMILES string of the molecule is O=C(Nc1cccc2c3c(oc12)CCCC3)c1c(Cl)ccc([N+](=O)[O-])c1Cl. The van der Waals surface area contributed by atoms with Crippen LogP contribution in [0.1, 0.15) is 34.5 Å². The number of nitro benzene ring substituents is 1. The molecule has 0 spiro atoms. The monoisotopic (exact) mass is 404 g/mol. The number of anilines is 1. The molecule has 1 N–H and O–H groups in total. The number of amides is 1. The van der Waals surface area contributed by atoms with Gasteiger partial charge in [0.2, 0.25) is 0 Å². The molecule has 0 bridgehead atoms. The van der Waals surface area contributed by atoms with Gasteiger partial charge in [-0.2, -0.15) is 0 Å². The highest BCUT2D eigenvalue weighted by Gasteiger charge is 2.25. The average Bonchev–Trinajstić information content (AvgIpc) is 3.01. The summed E-state index contributed by atoms with van der Waals surface area (Å²) in [6, 6.07) is 7.97. The Labute approximate surface area is 164 Å². The molecule has 2 aromatic carbocycles. The smallest absolute Gasteiger partial charge is 0.288 e. The van der Waals surface area contributed by atoms with E-state index in [1.807, 2.05) is 12.1 Å². The fourth-order valence-corrected chi connectivity index (χ4v) is 4.07. The lowest BCUT2D eigenvalue weighted by atomic mass is 9.96. The molecule has 3 aromatic rings. The van der Waals surface area contributed by atoms with Crippen molar-refractivity contribution in [3.05, 3.63) is 67.4 Å². The van der Waals surface area contributed by atoms with Crippen LogP contribution in [0.3, 0.4) is 0 Å². The van der Waals surface area contributed by atoms with E-state index in [-0.39, 0.29) is 21.3 Å². The van der Waals surface area contributed by atoms with Gasteiger partial charge in [-0.05, 0) is 31.4 Å². The van der Waals surface area contributed by atoms with Crippen molar-refractivity contribution in [3.63, 3.8) is 0 Å². The van der Waals surface area contributed by atoms with E-state index in [2.05, 4.69) is 5.32 Å². The fourth-order valence-electron chi connectivity index (χ4n) is 3.46. The molecule has 0 aliphatic heterocycles. The van der Waals surface area contributed by atoms with Crippen molar-refractivity contribution in [2.45, 2.75) is 25.7 Å². The standard InChI is InChI=1S/C19H14Cl2N2O4/c20-12-8-9-14(23(25)26)17(21)16(12)19(24)22-13-6-3-5-11-10-4-1-2-7-15(10)27-18(11)13/h3,5-6,8-9H,1-2,4,7H2,(H,22,24). The molecule has 0 fully saturated rings. The summed E-state index contributed by atoms with van der Waals surface area (Å²) in [5.41, 5.74) is 1.73. The second-order valence-electron chi connectivity index (χ2n) is 6.36. The van der Waals surface area contributed by atoms with Gasteiger partial charge in [-0.1, -0.05) is 35.3 Å². The minimum Gasteiger partial charge on any atom is -0.459 e. The van der Waals surface area contributed by atoms with E-state index in [0.717, 1.165) is 36.8 Å². The summed E-state index contributed by atoms with van der Waals surface area (Å²) in [4.78, 5) is 23.2. The van der Waals surface area contributed by atoms with Gasteiger partial charge in [0.05, 0.1) is 21.2 Å². The number of carbonyl (C=O) groups is 1. The van der Waals surface area contributed by atoms with Crippen LogP contribution in [0.2, 0.25) is 10.0 Å². The summed E-state index contributed by atoms with van der Waals surface area (Å²) in [5, 5.41) is 14.5. The Hall–Kier alpha value is -2.57. The summed E-state index contributed by atoms with van der Waals surface area (Å²) in [6.45, 7) is 0. The Morgan fingerprint density at radius 3 is 2.70 bits per heavy atom. The molecule has 1 aliphatic carbocycles. The van der Waals surface area contributed by atoms with Gasteiger partial charge in [0, 0.05) is 23.4 Å². The molecule has 1 heterocycles. The van der Waals surface area contributed by atoms with E-state index < -0.39 is 10.8 Å². The van der Waals surface area contributed by atoms with Crippen molar-refractivity contribution >= 4 is 51.5 Å². The lowest BCUT2D eigenvalue weighted by Gasteiger charge is -2.09. The van der Waals surface area contributed by atoms with Gasteiger partial charge < -0.3 is 9.73 Å². The molecule has 0 radical (unpaired) electrons. The molecule has 27 heavy (non-hydrogen) atoms. The number of aryl methyl sites for hydroxylation is 2. The third kappa shape index (κ3) is 3.05. The summed E-state index contributed by atoms with van der Waals surface area (Å²) in [7, 11) is 0. The van der Waals surface area contributed by atoms with Crippen LogP contribution < -0.4 is 5.32 Å². The number of furan rings is 1. The van der Waals surface area contributed by atoms with Crippen LogP contribution in [0.25, 0.3) is 11.0 Å². The van der Waals surface area contributed by atoms with Crippen molar-refractivity contribution in [2.24, 2.45) is 0 Å². The van der Waals surface area contributed by atoms with Crippen molar-refractivity contribution < 1.29 is 14.1 Å². The Morgan fingerprint density at radius 1 is 1.15 bits per heavy atom. The first kappa shape index (κ1) is 17.8. The lowest BCUT2D eigenvalue weighted by Crippen LogP contribution is -2.14. The molecule has 1 amide bonds. The fraction of sp³-hybridized carbons (Fsp3) is 0.211. The average molecular weight is 405 g/mol. The van der Waals surface area contributed by atoms with Crippen LogP contribution in [0.5, 0.6) is 0 Å². The number of para-hydroxylation sites is 1. The summed E-state index contributed by atoms with van der Waals surface area (Å²) in [6.07, 6.45) is 4.01. The first-order valence-electron chi connectivity index (χ1n) is 8.44. The van der Waals surface area contributed by atoms with E-state index in [1.54, 1.807) is 6.07 Å². The van der Waals surface area contributed by atoms with Crippen LogP contribution in [-0.2, 0) is 12.8 Å². The molecule has 1 aliphatic rings. The molecule has 0 unspecified atom stereocenters. The number of rotatable bonds is 3. The molecule has 1 aromatic heterocycles. The number of benzene rings is 2. The molecule has 8 heteroatoms. The summed E-state index contributed by atoms with van der Waals surface area (Å²) >= 11 is 12.1. The Bertz CT molecular complexity index is 1090. The predicted octanol–water partition coefficient (Wildman–Crippen LogP) is 5.78. The van der Waals surface area contributed by atoms with Crippen LogP contribution >= 0.6 is 23.2 Å². The zero-order chi connectivity index (χ0) is 19.1. The highest BCUT2D eigenvalue weighted by Crippen LogP contribution is 2.37. The molecule has 0 atom stereocenters. The number of nitro groups is 1. The maximum atomic E-state index is 12.8. The van der Waals surface area contributed by atoms with Crippen molar-refractivity contribution in [1.82, 2.24) is 0 Å². The molecule has 0 saturated carbocycles. The van der Waals surface area contributed by atoms with Crippen LogP contribution in [0, 0.1) is 10.1 Å². The highest BCUT2D eigenvalue weighted by atomic mass is 35.5. The maximum absolute atomic E-state index is 12.8. The summed E-state index contributed by atoms with van der Waals surface area (Å²) in [5.74, 6) is 0.319. The number of nitrogens with zero attached hydrogens (tertiary/aromatic N) is 1. The van der Waals surface area contributed by atoms with Crippen molar-refractivity contribution in [1.29, 1.82) is 0 Å². The summed E-state index contributed by atoms with van der Waals surface area (Å²) < 4.78 is 5.99. The third-order valence-corrected chi connectivity index (χ3v) is 5.42. The highest BCUT2D eigenvalue weighted by molar-refractivity contribution is 6.41. The van der Waals surface area contributed by atoms with E-state index in [0.29, 0.717) is 11.3 Å². The minimum absolute atomic E-state index is 0.0361. The number of halogens is 2. The second kappa shape index (κ2) is 6.87. The van der Waals surface area contributed by atoms with Crippen molar-refractivity contribution in [2.75, 3.05) is 5.32 Å². The molecule has 4 rings (SSSR count). The zero-order valence-electron chi connectivity index (χ0n) is 14.1. The molecule has 138 valence electrons. The Morgan fingerprint density at radius 2 is 1.93 bits per heavy atom. The normalized spacial score (nSPS) is 13.4. The lowest BCUT2D eigenvalue weighted by molar-refractivity contribution is -0.384. The van der Waals surface area contributed by atoms with Crippen LogP contribution in [-0.4, -0.2) is 10.8 Å². The molecule has 0 saturated heterocycles. The van der Waals surface area contributed by atoms with Crippen molar-refractivity contribution in [3.8, 4) is 0 Å². The van der Waals surface area contributed by atoms with E-state index in [4.69, 9.17) is 27.6 Å². The van der Waals surface area contributed by atoms with Gasteiger partial charge in [0.1, 0.15) is 10.8 Å². The topological polar surface area (TPSA) is 85.4 Å².